The van der Waals surface area contributed by atoms with Crippen LogP contribution in [0.3, 0.4) is 0 Å². The zero-order valence-electron chi connectivity index (χ0n) is 10.0. The molecule has 1 saturated carbocycles. The number of hydrogen-bond donors (Lipinski definition) is 1. The van der Waals surface area contributed by atoms with Crippen LogP contribution in [0.4, 0.5) is 0 Å². The predicted molar refractivity (Wildman–Crippen MR) is 66.6 cm³/mol. The molecule has 1 fully saturated rings. The maximum atomic E-state index is 5.00. The third kappa shape index (κ3) is 3.62. The van der Waals surface area contributed by atoms with Gasteiger partial charge >= 0.3 is 0 Å². The van der Waals surface area contributed by atoms with Gasteiger partial charge in [-0.1, -0.05) is 24.3 Å². The predicted octanol–water partition coefficient (Wildman–Crippen LogP) is 2.69. The lowest BCUT2D eigenvalue weighted by Gasteiger charge is -2.05. The largest absolute Gasteiger partial charge is 0.385 e. The summed E-state index contributed by atoms with van der Waals surface area (Å²) in [4.78, 5) is 0. The zero-order chi connectivity index (χ0) is 11.2. The van der Waals surface area contributed by atoms with Gasteiger partial charge in [0, 0.05) is 20.3 Å². The Morgan fingerprint density at radius 2 is 2.00 bits per heavy atom. The standard InChI is InChI=1S/C14H21NO/c1-16-10-2-9-15-11-12-3-5-13(6-4-12)14-7-8-14/h3-6,14-15H,2,7-11H2,1H3. The van der Waals surface area contributed by atoms with Crippen molar-refractivity contribution in [2.45, 2.75) is 31.7 Å². The Balaban J connectivity index is 1.68. The number of hydrogen-bond acceptors (Lipinski definition) is 2. The normalized spacial score (nSPS) is 15.3. The summed E-state index contributed by atoms with van der Waals surface area (Å²) in [5.41, 5.74) is 2.89. The maximum Gasteiger partial charge on any atom is 0.0474 e. The van der Waals surface area contributed by atoms with Gasteiger partial charge in [-0.2, -0.15) is 0 Å². The highest BCUT2D eigenvalue weighted by atomic mass is 16.5. The number of nitrogens with one attached hydrogen (secondary N) is 1. The van der Waals surface area contributed by atoms with Gasteiger partial charge in [-0.3, -0.25) is 0 Å². The molecule has 2 heteroatoms. The van der Waals surface area contributed by atoms with Crippen molar-refractivity contribution in [2.75, 3.05) is 20.3 Å². The lowest BCUT2D eigenvalue weighted by Crippen LogP contribution is -2.16. The zero-order valence-corrected chi connectivity index (χ0v) is 10.0. The molecule has 2 rings (SSSR count). The molecule has 1 N–H and O–H groups in total. The van der Waals surface area contributed by atoms with Crippen molar-refractivity contribution in [3.8, 4) is 0 Å². The highest BCUT2D eigenvalue weighted by Gasteiger charge is 2.22. The van der Waals surface area contributed by atoms with E-state index in [0.29, 0.717) is 0 Å². The summed E-state index contributed by atoms with van der Waals surface area (Å²) >= 11 is 0. The first-order valence-corrected chi connectivity index (χ1v) is 6.18. The molecule has 16 heavy (non-hydrogen) atoms. The van der Waals surface area contributed by atoms with E-state index in [1.54, 1.807) is 7.11 Å². The molecule has 0 heterocycles. The Labute approximate surface area is 98.0 Å². The van der Waals surface area contributed by atoms with E-state index in [-0.39, 0.29) is 0 Å². The van der Waals surface area contributed by atoms with E-state index < -0.39 is 0 Å². The summed E-state index contributed by atoms with van der Waals surface area (Å²) in [5, 5.41) is 3.42. The molecular weight excluding hydrogens is 198 g/mol. The van der Waals surface area contributed by atoms with Crippen molar-refractivity contribution >= 4 is 0 Å². The van der Waals surface area contributed by atoms with Gasteiger partial charge in [-0.05, 0) is 42.9 Å². The van der Waals surface area contributed by atoms with Gasteiger partial charge in [-0.25, -0.2) is 0 Å². The molecule has 1 aromatic carbocycles. The highest BCUT2D eigenvalue weighted by molar-refractivity contribution is 5.27. The second-order valence-electron chi connectivity index (χ2n) is 4.54. The van der Waals surface area contributed by atoms with E-state index in [2.05, 4.69) is 29.6 Å². The summed E-state index contributed by atoms with van der Waals surface area (Å²) in [6.45, 7) is 2.83. The average Bonchev–Trinajstić information content (AvgIpc) is 3.14. The van der Waals surface area contributed by atoms with E-state index in [9.17, 15) is 0 Å². The fourth-order valence-electron chi connectivity index (χ4n) is 1.90. The third-order valence-electron chi connectivity index (χ3n) is 3.06. The van der Waals surface area contributed by atoms with Gasteiger partial charge in [0.15, 0.2) is 0 Å². The van der Waals surface area contributed by atoms with Crippen LogP contribution in [0.5, 0.6) is 0 Å². The van der Waals surface area contributed by atoms with Crippen LogP contribution in [0.15, 0.2) is 24.3 Å². The molecule has 0 unspecified atom stereocenters. The van der Waals surface area contributed by atoms with Crippen LogP contribution in [-0.4, -0.2) is 20.3 Å². The third-order valence-corrected chi connectivity index (χ3v) is 3.06. The van der Waals surface area contributed by atoms with Gasteiger partial charge < -0.3 is 10.1 Å². The van der Waals surface area contributed by atoms with Crippen LogP contribution in [0.2, 0.25) is 0 Å². The summed E-state index contributed by atoms with van der Waals surface area (Å²) in [6.07, 6.45) is 3.85. The SMILES string of the molecule is COCCCNCc1ccc(C2CC2)cc1. The topological polar surface area (TPSA) is 21.3 Å². The van der Waals surface area contributed by atoms with Crippen molar-refractivity contribution in [2.24, 2.45) is 0 Å². The molecular formula is C14H21NO. The summed E-state index contributed by atoms with van der Waals surface area (Å²) in [6, 6.07) is 9.06. The molecule has 1 aliphatic rings. The van der Waals surface area contributed by atoms with E-state index in [4.69, 9.17) is 4.74 Å². The van der Waals surface area contributed by atoms with Crippen molar-refractivity contribution < 1.29 is 4.74 Å². The lowest BCUT2D eigenvalue weighted by molar-refractivity contribution is 0.194. The second-order valence-corrected chi connectivity index (χ2v) is 4.54. The quantitative estimate of drug-likeness (QED) is 0.712. The smallest absolute Gasteiger partial charge is 0.0474 e. The first kappa shape index (κ1) is 11.6. The Hall–Kier alpha value is -0.860. The van der Waals surface area contributed by atoms with Gasteiger partial charge in [0.1, 0.15) is 0 Å². The lowest BCUT2D eigenvalue weighted by atomic mass is 10.1. The van der Waals surface area contributed by atoms with Crippen molar-refractivity contribution in [3.05, 3.63) is 35.4 Å². The van der Waals surface area contributed by atoms with Gasteiger partial charge in [-0.15, -0.1) is 0 Å². The highest BCUT2D eigenvalue weighted by Crippen LogP contribution is 2.39. The minimum Gasteiger partial charge on any atom is -0.385 e. The van der Waals surface area contributed by atoms with E-state index >= 15 is 0 Å². The molecule has 0 aromatic heterocycles. The van der Waals surface area contributed by atoms with Crippen LogP contribution in [-0.2, 0) is 11.3 Å². The fraction of sp³-hybridized carbons (Fsp3) is 0.571. The Morgan fingerprint density at radius 3 is 2.62 bits per heavy atom. The number of ether oxygens (including phenoxy) is 1. The first-order valence-electron chi connectivity index (χ1n) is 6.18. The van der Waals surface area contributed by atoms with Crippen molar-refractivity contribution in [1.82, 2.24) is 5.32 Å². The summed E-state index contributed by atoms with van der Waals surface area (Å²) in [7, 11) is 1.75. The van der Waals surface area contributed by atoms with E-state index in [0.717, 1.165) is 32.0 Å². The monoisotopic (exact) mass is 219 g/mol. The number of rotatable bonds is 7. The molecule has 2 nitrogen and oxygen atoms in total. The van der Waals surface area contributed by atoms with Crippen molar-refractivity contribution in [1.29, 1.82) is 0 Å². The summed E-state index contributed by atoms with van der Waals surface area (Å²) in [5.74, 6) is 0.865. The Morgan fingerprint density at radius 1 is 1.25 bits per heavy atom. The molecule has 0 saturated heterocycles. The molecule has 88 valence electrons. The van der Waals surface area contributed by atoms with E-state index in [1.165, 1.54) is 24.0 Å². The second kappa shape index (κ2) is 6.02. The Bertz CT molecular complexity index is 303. The Kier molecular flexibility index (Phi) is 4.37. The van der Waals surface area contributed by atoms with Crippen LogP contribution in [0.1, 0.15) is 36.3 Å². The van der Waals surface area contributed by atoms with Crippen LogP contribution in [0, 0.1) is 0 Å². The fourth-order valence-corrected chi connectivity index (χ4v) is 1.90. The molecule has 1 aliphatic carbocycles. The molecule has 0 radical (unpaired) electrons. The minimum atomic E-state index is 0.841. The molecule has 0 amide bonds. The van der Waals surface area contributed by atoms with Crippen LogP contribution in [0.25, 0.3) is 0 Å². The first-order chi connectivity index (χ1) is 7.90. The van der Waals surface area contributed by atoms with Gasteiger partial charge in [0.2, 0.25) is 0 Å². The van der Waals surface area contributed by atoms with Crippen LogP contribution >= 0.6 is 0 Å². The molecule has 0 atom stereocenters. The van der Waals surface area contributed by atoms with Gasteiger partial charge in [0.25, 0.3) is 0 Å². The number of benzene rings is 1. The summed E-state index contributed by atoms with van der Waals surface area (Å²) < 4.78 is 5.00. The average molecular weight is 219 g/mol. The van der Waals surface area contributed by atoms with Gasteiger partial charge in [0.05, 0.1) is 0 Å². The molecule has 1 aromatic rings. The van der Waals surface area contributed by atoms with Crippen LogP contribution < -0.4 is 5.32 Å². The molecule has 0 bridgehead atoms. The number of methoxy groups -OCH3 is 1. The maximum absolute atomic E-state index is 5.00. The van der Waals surface area contributed by atoms with E-state index in [1.807, 2.05) is 0 Å². The molecule has 0 aliphatic heterocycles. The van der Waals surface area contributed by atoms with Crippen molar-refractivity contribution in [3.63, 3.8) is 0 Å². The molecule has 0 spiro atoms. The minimum absolute atomic E-state index is 0.841.